The molecule has 242 valence electrons. The summed E-state index contributed by atoms with van der Waals surface area (Å²) in [6.07, 6.45) is 7.30. The Bertz CT molecular complexity index is 1630. The first kappa shape index (κ1) is 31.7. The summed E-state index contributed by atoms with van der Waals surface area (Å²) in [5, 5.41) is 31.2. The van der Waals surface area contributed by atoms with Gasteiger partial charge in [-0.25, -0.2) is 9.78 Å². The summed E-state index contributed by atoms with van der Waals surface area (Å²) in [4.78, 5) is 68.1. The van der Waals surface area contributed by atoms with Gasteiger partial charge in [0.25, 0.3) is 11.8 Å². The summed E-state index contributed by atoms with van der Waals surface area (Å²) >= 11 is 2.42. The molecule has 0 aromatic carbocycles. The lowest BCUT2D eigenvalue weighted by Crippen LogP contribution is -2.71. The minimum absolute atomic E-state index is 0.120. The van der Waals surface area contributed by atoms with E-state index in [2.05, 4.69) is 25.8 Å². The van der Waals surface area contributed by atoms with Gasteiger partial charge >= 0.3 is 5.97 Å². The zero-order chi connectivity index (χ0) is 32.4. The van der Waals surface area contributed by atoms with Crippen molar-refractivity contribution in [2.45, 2.75) is 62.0 Å². The van der Waals surface area contributed by atoms with Crippen molar-refractivity contribution in [2.75, 3.05) is 24.6 Å². The van der Waals surface area contributed by atoms with Crippen LogP contribution in [-0.4, -0.2) is 90.9 Å². The molecule has 14 nitrogen and oxygen atoms in total. The first-order valence-corrected chi connectivity index (χ1v) is 16.9. The number of fused-ring (bicyclic) bond motifs is 1. The number of rotatable bonds is 11. The molecule has 3 amide bonds. The number of aromatic nitrogens is 2. The van der Waals surface area contributed by atoms with E-state index in [1.165, 1.54) is 16.7 Å². The van der Waals surface area contributed by atoms with E-state index in [9.17, 15) is 29.4 Å². The number of hydrogen-bond acceptors (Lipinski definition) is 12. The molecule has 3 atom stereocenters. The number of nitrogens with zero attached hydrogens (tertiary/aromatic N) is 4. The topological polar surface area (TPSA) is 209 Å². The molecule has 2 aromatic rings. The summed E-state index contributed by atoms with van der Waals surface area (Å²) < 4.78 is 0. The van der Waals surface area contributed by atoms with Crippen molar-refractivity contribution >= 4 is 57.6 Å². The molecule has 1 saturated carbocycles. The van der Waals surface area contributed by atoms with Crippen LogP contribution in [0.5, 0.6) is 0 Å². The van der Waals surface area contributed by atoms with Crippen LogP contribution >= 0.6 is 23.1 Å². The standard InChI is InChI=1S/C30H33N7O7S2/c31-30-34-20(14-46-30)22(36-44-16-3-1-2-4-16)26(40)35-23-27(41)37-24(29(42)43)19(13-45-28(23)37)21(18-7-11-33-25(18)39)17(8-12-38)15-5-9-32-10-6-15/h5-6,9-10,14,16-17,23,28,38H,1-4,7-8,11-13H2,(H2,31,34)(H,33,39)(H,35,40)(H,42,43)/t17?,23-,28-/m1/s1. The largest absolute Gasteiger partial charge is 0.477 e. The Morgan fingerprint density at radius 1 is 1.24 bits per heavy atom. The predicted molar refractivity (Wildman–Crippen MR) is 169 cm³/mol. The Morgan fingerprint density at radius 3 is 2.63 bits per heavy atom. The molecule has 46 heavy (non-hydrogen) atoms. The van der Waals surface area contributed by atoms with Gasteiger partial charge in [-0.05, 0) is 67.4 Å². The second-order valence-corrected chi connectivity index (χ2v) is 13.3. The second kappa shape index (κ2) is 13.6. The summed E-state index contributed by atoms with van der Waals surface area (Å²) in [6.45, 7) is 0.174. The number of amides is 3. The van der Waals surface area contributed by atoms with E-state index in [4.69, 9.17) is 10.6 Å². The molecule has 2 aromatic heterocycles. The lowest BCUT2D eigenvalue weighted by atomic mass is 9.80. The van der Waals surface area contributed by atoms with E-state index in [1.54, 1.807) is 29.9 Å². The van der Waals surface area contributed by atoms with Crippen LogP contribution in [0.25, 0.3) is 0 Å². The number of carboxylic acids is 1. The zero-order valence-electron chi connectivity index (χ0n) is 24.7. The molecule has 0 bridgehead atoms. The fraction of sp³-hybridized carbons (Fsp3) is 0.433. The van der Waals surface area contributed by atoms with Gasteiger partial charge in [0, 0.05) is 48.2 Å². The number of carbonyl (C=O) groups is 4. The maximum Gasteiger partial charge on any atom is 0.352 e. The van der Waals surface area contributed by atoms with Crippen LogP contribution in [0.3, 0.4) is 0 Å². The molecular formula is C30H33N7O7S2. The van der Waals surface area contributed by atoms with Crippen molar-refractivity contribution in [3.8, 4) is 0 Å². The number of nitrogen functional groups attached to an aromatic ring is 1. The quantitative estimate of drug-likeness (QED) is 0.100. The highest BCUT2D eigenvalue weighted by atomic mass is 32.2. The van der Waals surface area contributed by atoms with E-state index >= 15 is 0 Å². The summed E-state index contributed by atoms with van der Waals surface area (Å²) in [5.74, 6) is -3.33. The number of hydrogen-bond donors (Lipinski definition) is 5. The third-order valence-corrected chi connectivity index (χ3v) is 10.4. The van der Waals surface area contributed by atoms with Gasteiger partial charge in [0.05, 0.1) is 0 Å². The molecule has 0 radical (unpaired) electrons. The van der Waals surface area contributed by atoms with Gasteiger partial charge in [0.15, 0.2) is 10.8 Å². The number of carbonyl (C=O) groups excluding carboxylic acids is 3. The van der Waals surface area contributed by atoms with E-state index in [0.717, 1.165) is 42.6 Å². The van der Waals surface area contributed by atoms with Crippen molar-refractivity contribution in [1.29, 1.82) is 0 Å². The number of oxime groups is 1. The van der Waals surface area contributed by atoms with Crippen molar-refractivity contribution in [2.24, 2.45) is 5.16 Å². The lowest BCUT2D eigenvalue weighted by molar-refractivity contribution is -0.150. The number of nitrogens with two attached hydrogens (primary N) is 1. The summed E-state index contributed by atoms with van der Waals surface area (Å²) in [6, 6.07) is 2.49. The number of allylic oxidation sites excluding steroid dienone is 1. The molecule has 6 N–H and O–H groups in total. The normalized spacial score (nSPS) is 23.5. The smallest absolute Gasteiger partial charge is 0.352 e. The number of anilines is 1. The SMILES string of the molecule is Nc1nc(C(=NOC2CCCC2)C(=O)N[C@@H]2C(=O)N3C(C(=O)O)=C(C(=C4CCNC4=O)C(CCO)c4ccncc4)CS[C@H]23)cs1. The summed E-state index contributed by atoms with van der Waals surface area (Å²) in [7, 11) is 0. The van der Waals surface area contributed by atoms with Crippen LogP contribution in [0, 0.1) is 0 Å². The molecule has 16 heteroatoms. The molecule has 6 rings (SSSR count). The van der Waals surface area contributed by atoms with Crippen LogP contribution in [0.2, 0.25) is 0 Å². The number of aliphatic carboxylic acids is 1. The maximum absolute atomic E-state index is 13.6. The number of aliphatic hydroxyl groups is 1. The average Bonchev–Trinajstić information content (AvgIpc) is 3.83. The van der Waals surface area contributed by atoms with Crippen molar-refractivity contribution in [3.63, 3.8) is 0 Å². The molecule has 3 aliphatic heterocycles. The Hall–Kier alpha value is -4.28. The fourth-order valence-corrected chi connectivity index (χ4v) is 8.25. The summed E-state index contributed by atoms with van der Waals surface area (Å²) in [5.41, 5.74) is 7.64. The molecule has 5 heterocycles. The number of pyridine rings is 1. The molecule has 4 aliphatic rings. The van der Waals surface area contributed by atoms with Crippen LogP contribution in [0.1, 0.15) is 55.7 Å². The van der Waals surface area contributed by atoms with Gasteiger partial charge in [-0.2, -0.15) is 0 Å². The molecule has 3 fully saturated rings. The first-order chi connectivity index (χ1) is 22.3. The van der Waals surface area contributed by atoms with E-state index in [1.807, 2.05) is 0 Å². The first-order valence-electron chi connectivity index (χ1n) is 15.0. The average molecular weight is 668 g/mol. The van der Waals surface area contributed by atoms with Crippen LogP contribution < -0.4 is 16.4 Å². The van der Waals surface area contributed by atoms with Gasteiger partial charge in [-0.3, -0.25) is 24.3 Å². The van der Waals surface area contributed by atoms with Crippen LogP contribution in [0.4, 0.5) is 5.13 Å². The van der Waals surface area contributed by atoms with E-state index in [0.29, 0.717) is 29.7 Å². The Labute approximate surface area is 272 Å². The third-order valence-electron chi connectivity index (χ3n) is 8.49. The number of β-lactam (4-membered cyclic amide) rings is 1. The second-order valence-electron chi connectivity index (χ2n) is 11.3. The lowest BCUT2D eigenvalue weighted by Gasteiger charge is -2.50. The minimum Gasteiger partial charge on any atom is -0.477 e. The van der Waals surface area contributed by atoms with Crippen molar-refractivity contribution in [3.05, 3.63) is 63.6 Å². The number of carboxylic acid groups (broad SMARTS) is 1. The highest BCUT2D eigenvalue weighted by molar-refractivity contribution is 8.00. The molecule has 0 spiro atoms. The highest BCUT2D eigenvalue weighted by Crippen LogP contribution is 2.47. The van der Waals surface area contributed by atoms with Crippen LogP contribution in [0.15, 0.2) is 57.5 Å². The minimum atomic E-state index is -1.34. The van der Waals surface area contributed by atoms with Gasteiger partial charge in [-0.1, -0.05) is 5.16 Å². The predicted octanol–water partition coefficient (Wildman–Crippen LogP) is 1.50. The highest BCUT2D eigenvalue weighted by Gasteiger charge is 2.55. The number of aliphatic hydroxyl groups excluding tert-OH is 1. The van der Waals surface area contributed by atoms with Crippen molar-refractivity contribution < 1.29 is 34.2 Å². The Kier molecular flexibility index (Phi) is 9.37. The molecule has 2 saturated heterocycles. The van der Waals surface area contributed by atoms with Gasteiger partial charge < -0.3 is 31.4 Å². The number of nitrogens with one attached hydrogen (secondary N) is 2. The zero-order valence-corrected chi connectivity index (χ0v) is 26.3. The van der Waals surface area contributed by atoms with Gasteiger partial charge in [0.2, 0.25) is 5.91 Å². The monoisotopic (exact) mass is 667 g/mol. The fourth-order valence-electron chi connectivity index (χ4n) is 6.34. The van der Waals surface area contributed by atoms with E-state index in [-0.39, 0.29) is 53.0 Å². The molecular weight excluding hydrogens is 635 g/mol. The van der Waals surface area contributed by atoms with Gasteiger partial charge in [-0.15, -0.1) is 23.1 Å². The van der Waals surface area contributed by atoms with E-state index < -0.39 is 35.1 Å². The Balaban J connectivity index is 1.32. The van der Waals surface area contributed by atoms with Gasteiger partial charge in [0.1, 0.15) is 28.9 Å². The molecule has 1 aliphatic carbocycles. The van der Waals surface area contributed by atoms with Crippen LogP contribution in [-0.2, 0) is 24.0 Å². The molecule has 1 unspecified atom stereocenters. The third kappa shape index (κ3) is 6.11. The maximum atomic E-state index is 13.6. The number of thioether (sulfide) groups is 1. The van der Waals surface area contributed by atoms with Crippen molar-refractivity contribution in [1.82, 2.24) is 25.5 Å². The number of thiazole rings is 1. The Morgan fingerprint density at radius 2 is 2.00 bits per heavy atom.